The van der Waals surface area contributed by atoms with Gasteiger partial charge in [-0.25, -0.2) is 0 Å². The zero-order chi connectivity index (χ0) is 39.8. The molecule has 269 valence electrons. The van der Waals surface area contributed by atoms with E-state index in [-0.39, 0.29) is 25.8 Å². The van der Waals surface area contributed by atoms with Gasteiger partial charge in [0.1, 0.15) is 5.58 Å². The molecule has 0 aliphatic rings. The van der Waals surface area contributed by atoms with Crippen LogP contribution >= 0.6 is 0 Å². The minimum Gasteiger partial charge on any atom is -0.499 e. The Labute approximate surface area is 330 Å². The van der Waals surface area contributed by atoms with E-state index in [4.69, 9.17) is 9.90 Å². The maximum absolute atomic E-state index is 8.82. The number of nitrogens with zero attached hydrogens (tertiary/aromatic N) is 3. The van der Waals surface area contributed by atoms with Gasteiger partial charge in [-0.3, -0.25) is 4.98 Å². The third kappa shape index (κ3) is 9.60. The fourth-order valence-corrected chi connectivity index (χ4v) is 7.75. The normalized spacial score (nSPS) is 13.4. The van der Waals surface area contributed by atoms with Crippen LogP contribution in [0.1, 0.15) is 62.5 Å². The maximum atomic E-state index is 8.82. The first kappa shape index (κ1) is 33.6. The Bertz CT molecular complexity index is 2420. The van der Waals surface area contributed by atoms with E-state index >= 15 is 0 Å². The molecule has 0 bridgehead atoms. The summed E-state index contributed by atoms with van der Waals surface area (Å²) >= 11 is 0. The molecule has 4 heterocycles. The van der Waals surface area contributed by atoms with Crippen LogP contribution < -0.4 is 5.19 Å². The minimum absolute atomic E-state index is 0. The summed E-state index contributed by atoms with van der Waals surface area (Å²) in [6.07, 6.45) is 3.00. The Kier molecular flexibility index (Phi) is 10.7. The first-order chi connectivity index (χ1) is 25.9. The van der Waals surface area contributed by atoms with Crippen LogP contribution in [0.2, 0.25) is 19.6 Å². The van der Waals surface area contributed by atoms with Gasteiger partial charge in [-0.2, -0.15) is 0 Å². The Balaban J connectivity index is 0.000000244. The SMILES string of the molecule is CC(C)Cc1cc(-c2[c-]cccc2)ncc1[Si](C)(C)C.[2H]C([2H])(c1ccccc1)c1nccc2c1oc1c(-c3cc(C([2H])([2H])C(C)(C)C)ccn3)[c-]ccc12.[Ir]. The predicted molar refractivity (Wildman–Crippen MR) is 216 cm³/mol. The van der Waals surface area contributed by atoms with Crippen molar-refractivity contribution in [1.29, 1.82) is 0 Å². The van der Waals surface area contributed by atoms with Gasteiger partial charge >= 0.3 is 0 Å². The number of benzene rings is 3. The van der Waals surface area contributed by atoms with Gasteiger partial charge in [0.25, 0.3) is 0 Å². The van der Waals surface area contributed by atoms with Crippen LogP contribution in [0.15, 0.2) is 114 Å². The zero-order valence-electron chi connectivity index (χ0n) is 35.3. The second kappa shape index (κ2) is 16.6. The molecule has 1 radical (unpaired) electrons. The van der Waals surface area contributed by atoms with Crippen molar-refractivity contribution in [3.05, 3.63) is 144 Å². The molecule has 4 nitrogen and oxygen atoms in total. The van der Waals surface area contributed by atoms with Crippen LogP contribution in [0, 0.1) is 23.5 Å². The summed E-state index contributed by atoms with van der Waals surface area (Å²) in [6.45, 7) is 17.3. The van der Waals surface area contributed by atoms with Crippen molar-refractivity contribution < 1.29 is 30.0 Å². The molecule has 7 aromatic rings. The van der Waals surface area contributed by atoms with Crippen molar-refractivity contribution in [2.45, 2.75) is 73.4 Å². The number of rotatable bonds is 8. The van der Waals surface area contributed by atoms with Crippen LogP contribution in [0.3, 0.4) is 0 Å². The fraction of sp³-hybridized carbons (Fsp3) is 0.283. The zero-order valence-corrected chi connectivity index (χ0v) is 34.7. The van der Waals surface area contributed by atoms with Gasteiger partial charge in [0.15, 0.2) is 0 Å². The molecule has 0 amide bonds. The molecular formula is C46H49IrN3OSi-2. The first-order valence-electron chi connectivity index (χ1n) is 19.6. The standard InChI is InChI=1S/C28H25N2O.C18H24NSi.Ir/c1-28(2,3)18-20-12-14-29-24(17-20)23-11-7-10-21-22-13-15-30-25(27(22)31-26(21)23)16-19-8-5-4-6-9-19;1-14(2)11-16-12-17(15-9-7-6-8-10-15)19-13-18(16)20(3,4)5;/h4-10,12-15,17H,16,18H2,1-3H3;6-9,12-14H,11H2,1-5H3;/q2*-1;/i16D2,18D2;;. The Morgan fingerprint density at radius 3 is 2.19 bits per heavy atom. The average Bonchev–Trinajstić information content (AvgIpc) is 3.54. The average molecular weight is 884 g/mol. The van der Waals surface area contributed by atoms with E-state index < -0.39 is 26.2 Å². The van der Waals surface area contributed by atoms with E-state index in [0.717, 1.165) is 28.5 Å². The van der Waals surface area contributed by atoms with E-state index in [1.54, 1.807) is 54.9 Å². The van der Waals surface area contributed by atoms with E-state index in [0.29, 0.717) is 39.5 Å². The second-order valence-corrected chi connectivity index (χ2v) is 20.4. The molecule has 0 atom stereocenters. The number of hydrogen-bond acceptors (Lipinski definition) is 4. The van der Waals surface area contributed by atoms with Crippen molar-refractivity contribution in [2.24, 2.45) is 11.3 Å². The van der Waals surface area contributed by atoms with Crippen LogP contribution in [0.4, 0.5) is 0 Å². The van der Waals surface area contributed by atoms with Crippen molar-refractivity contribution in [3.8, 4) is 22.5 Å². The van der Waals surface area contributed by atoms with Gasteiger partial charge in [-0.1, -0.05) is 119 Å². The summed E-state index contributed by atoms with van der Waals surface area (Å²) in [5.41, 5.74) is 6.24. The van der Waals surface area contributed by atoms with Gasteiger partial charge < -0.3 is 14.4 Å². The monoisotopic (exact) mass is 884 g/mol. The summed E-state index contributed by atoms with van der Waals surface area (Å²) in [5, 5.41) is 3.04. The molecule has 0 unspecified atom stereocenters. The Hall–Kier alpha value is -4.22. The summed E-state index contributed by atoms with van der Waals surface area (Å²) in [4.78, 5) is 13.6. The Morgan fingerprint density at radius 2 is 1.50 bits per heavy atom. The fourth-order valence-electron chi connectivity index (χ4n) is 6.16. The van der Waals surface area contributed by atoms with Gasteiger partial charge in [0, 0.05) is 55.9 Å². The van der Waals surface area contributed by atoms with Crippen molar-refractivity contribution in [1.82, 2.24) is 15.0 Å². The summed E-state index contributed by atoms with van der Waals surface area (Å²) in [6, 6.07) is 34.7. The van der Waals surface area contributed by atoms with E-state index in [9.17, 15) is 0 Å². The quantitative estimate of drug-likeness (QED) is 0.113. The van der Waals surface area contributed by atoms with Crippen molar-refractivity contribution in [2.75, 3.05) is 0 Å². The van der Waals surface area contributed by atoms with Gasteiger partial charge in [0.05, 0.1) is 19.4 Å². The van der Waals surface area contributed by atoms with E-state index in [2.05, 4.69) is 78.9 Å². The first-order valence-corrected chi connectivity index (χ1v) is 21.1. The molecule has 0 aliphatic heterocycles. The molecule has 52 heavy (non-hydrogen) atoms. The number of furan rings is 1. The molecular weight excluding hydrogens is 831 g/mol. The third-order valence-corrected chi connectivity index (χ3v) is 10.4. The molecule has 0 spiro atoms. The summed E-state index contributed by atoms with van der Waals surface area (Å²) < 4.78 is 41.3. The molecule has 6 heteroatoms. The smallest absolute Gasteiger partial charge is 0.142 e. The van der Waals surface area contributed by atoms with E-state index in [1.165, 1.54) is 10.8 Å². The minimum atomic E-state index is -1.86. The van der Waals surface area contributed by atoms with Crippen LogP contribution in [-0.4, -0.2) is 23.0 Å². The molecule has 3 aromatic carbocycles. The molecule has 0 N–H and O–H groups in total. The topological polar surface area (TPSA) is 51.8 Å². The van der Waals surface area contributed by atoms with Gasteiger partial charge in [-0.15, -0.1) is 54.1 Å². The molecule has 0 saturated carbocycles. The van der Waals surface area contributed by atoms with Crippen molar-refractivity contribution >= 4 is 35.2 Å². The largest absolute Gasteiger partial charge is 0.499 e. The van der Waals surface area contributed by atoms with E-state index in [1.807, 2.05) is 57.2 Å². The number of hydrogen-bond donors (Lipinski definition) is 0. The number of pyridine rings is 3. The maximum Gasteiger partial charge on any atom is 0.142 e. The Morgan fingerprint density at radius 1 is 0.769 bits per heavy atom. The molecule has 0 saturated heterocycles. The van der Waals surface area contributed by atoms with Gasteiger partial charge in [0.2, 0.25) is 0 Å². The van der Waals surface area contributed by atoms with Crippen LogP contribution in [-0.2, 0) is 39.3 Å². The molecule has 0 aliphatic carbocycles. The number of aromatic nitrogens is 3. The van der Waals surface area contributed by atoms with Crippen LogP contribution in [0.25, 0.3) is 44.5 Å². The molecule has 0 fully saturated rings. The predicted octanol–water partition coefficient (Wildman–Crippen LogP) is 11.3. The second-order valence-electron chi connectivity index (χ2n) is 15.4. The molecule has 4 aromatic heterocycles. The molecule has 7 rings (SSSR count). The number of fused-ring (bicyclic) bond motifs is 3. The summed E-state index contributed by atoms with van der Waals surface area (Å²) in [7, 11) is -1.34. The van der Waals surface area contributed by atoms with Crippen LogP contribution in [0.5, 0.6) is 0 Å². The van der Waals surface area contributed by atoms with Gasteiger partial charge in [-0.05, 0) is 58.4 Å². The third-order valence-electron chi connectivity index (χ3n) is 8.33. The van der Waals surface area contributed by atoms with Crippen molar-refractivity contribution in [3.63, 3.8) is 0 Å². The summed E-state index contributed by atoms with van der Waals surface area (Å²) in [5.74, 6) is 0.667.